The molecule has 0 bridgehead atoms. The Hall–Kier alpha value is -1.63. The van der Waals surface area contributed by atoms with Crippen LogP contribution in [0, 0.1) is 5.41 Å². The summed E-state index contributed by atoms with van der Waals surface area (Å²) >= 11 is 0. The summed E-state index contributed by atoms with van der Waals surface area (Å²) in [6.45, 7) is 9.26. The number of piperidine rings is 2. The lowest BCUT2D eigenvalue weighted by molar-refractivity contribution is -0.0102. The van der Waals surface area contributed by atoms with Gasteiger partial charge in [-0.15, -0.1) is 0 Å². The monoisotopic (exact) mass is 335 g/mol. The molecule has 1 amide bonds. The predicted octanol–water partition coefficient (Wildman–Crippen LogP) is 2.54. The lowest BCUT2D eigenvalue weighted by Gasteiger charge is -2.52. The van der Waals surface area contributed by atoms with Gasteiger partial charge in [0, 0.05) is 31.1 Å². The van der Waals surface area contributed by atoms with Crippen LogP contribution in [0.1, 0.15) is 58.2 Å². The van der Waals surface area contributed by atoms with Crippen LogP contribution in [0.3, 0.4) is 0 Å². The summed E-state index contributed by atoms with van der Waals surface area (Å²) in [6.07, 6.45) is 4.92. The number of likely N-dealkylation sites (tertiary alicyclic amines) is 2. The van der Waals surface area contributed by atoms with Gasteiger partial charge in [-0.05, 0) is 37.6 Å². The third kappa shape index (κ3) is 3.41. The third-order valence-corrected chi connectivity index (χ3v) is 5.55. The van der Waals surface area contributed by atoms with E-state index in [2.05, 4.69) is 40.9 Å². The van der Waals surface area contributed by atoms with Crippen LogP contribution in [0.4, 0.5) is 4.79 Å². The fourth-order valence-electron chi connectivity index (χ4n) is 4.60. The quantitative estimate of drug-likeness (QED) is 0.867. The van der Waals surface area contributed by atoms with Gasteiger partial charge in [0.05, 0.1) is 0 Å². The van der Waals surface area contributed by atoms with Gasteiger partial charge in [0.25, 0.3) is 0 Å². The molecule has 1 aromatic rings. The van der Waals surface area contributed by atoms with Crippen LogP contribution < -0.4 is 0 Å². The minimum Gasteiger partial charge on any atom is -0.465 e. The van der Waals surface area contributed by atoms with Crippen molar-refractivity contribution in [3.63, 3.8) is 0 Å². The van der Waals surface area contributed by atoms with Crippen molar-refractivity contribution in [3.8, 4) is 0 Å². The van der Waals surface area contributed by atoms with Gasteiger partial charge in [-0.2, -0.15) is 5.10 Å². The Morgan fingerprint density at radius 1 is 1.25 bits per heavy atom. The van der Waals surface area contributed by atoms with Crippen molar-refractivity contribution < 1.29 is 9.90 Å². The van der Waals surface area contributed by atoms with Crippen LogP contribution in [-0.2, 0) is 0 Å². The summed E-state index contributed by atoms with van der Waals surface area (Å²) in [4.78, 5) is 19.8. The summed E-state index contributed by atoms with van der Waals surface area (Å²) < 4.78 is 0. The highest BCUT2D eigenvalue weighted by Crippen LogP contribution is 2.42. The van der Waals surface area contributed by atoms with E-state index in [0.717, 1.165) is 38.1 Å². The summed E-state index contributed by atoms with van der Waals surface area (Å²) in [6, 6.07) is 0.844. The minimum atomic E-state index is -0.793. The predicted molar refractivity (Wildman–Crippen MR) is 90.9 cm³/mol. The Labute approximate surface area is 143 Å². The van der Waals surface area contributed by atoms with Crippen molar-refractivity contribution in [2.75, 3.05) is 19.6 Å². The number of amides is 1. The zero-order valence-electron chi connectivity index (χ0n) is 14.9. The SMILES string of the molecule is CC(C)(C)C1C(c2ncn[nH]2)CCCN1C1CCN(C(=O)O)CC1. The van der Waals surface area contributed by atoms with Crippen molar-refractivity contribution in [1.82, 2.24) is 25.0 Å². The molecule has 7 nitrogen and oxygen atoms in total. The molecule has 2 atom stereocenters. The normalized spacial score (nSPS) is 27.4. The standard InChI is InChI=1S/C17H29N5O2/c1-17(2,3)14-13(15-18-11-19-20-15)5-4-8-22(14)12-6-9-21(10-7-12)16(23)24/h11-14H,4-10H2,1-3H3,(H,23,24)(H,18,19,20). The maximum absolute atomic E-state index is 11.2. The highest BCUT2D eigenvalue weighted by atomic mass is 16.4. The van der Waals surface area contributed by atoms with Crippen LogP contribution in [0.15, 0.2) is 6.33 Å². The van der Waals surface area contributed by atoms with E-state index in [4.69, 9.17) is 0 Å². The number of hydrogen-bond acceptors (Lipinski definition) is 4. The van der Waals surface area contributed by atoms with Gasteiger partial charge in [-0.1, -0.05) is 20.8 Å². The maximum atomic E-state index is 11.2. The topological polar surface area (TPSA) is 85.4 Å². The molecule has 2 unspecified atom stereocenters. The van der Waals surface area contributed by atoms with Gasteiger partial charge >= 0.3 is 6.09 Å². The number of nitrogens with one attached hydrogen (secondary N) is 1. The number of rotatable bonds is 2. The first-order valence-electron chi connectivity index (χ1n) is 8.97. The molecule has 0 radical (unpaired) electrons. The van der Waals surface area contributed by atoms with E-state index >= 15 is 0 Å². The maximum Gasteiger partial charge on any atom is 0.407 e. The second-order valence-corrected chi connectivity index (χ2v) is 8.17. The number of carbonyl (C=O) groups is 1. The van der Waals surface area contributed by atoms with Crippen LogP contribution in [0.2, 0.25) is 0 Å². The average molecular weight is 335 g/mol. The first kappa shape index (κ1) is 17.2. The average Bonchev–Trinajstić information content (AvgIpc) is 3.08. The molecule has 3 heterocycles. The zero-order chi connectivity index (χ0) is 17.3. The number of nitrogens with zero attached hydrogens (tertiary/aromatic N) is 4. The molecule has 3 rings (SSSR count). The van der Waals surface area contributed by atoms with Gasteiger partial charge in [-0.3, -0.25) is 10.00 Å². The number of aromatic amines is 1. The molecular weight excluding hydrogens is 306 g/mol. The first-order valence-corrected chi connectivity index (χ1v) is 8.97. The van der Waals surface area contributed by atoms with Crippen LogP contribution >= 0.6 is 0 Å². The van der Waals surface area contributed by atoms with Gasteiger partial charge in [-0.25, -0.2) is 9.78 Å². The zero-order valence-corrected chi connectivity index (χ0v) is 14.9. The number of aromatic nitrogens is 3. The minimum absolute atomic E-state index is 0.127. The van der Waals surface area contributed by atoms with Gasteiger partial charge in [0.1, 0.15) is 12.2 Å². The van der Waals surface area contributed by atoms with E-state index in [-0.39, 0.29) is 5.41 Å². The molecule has 2 aliphatic rings. The Balaban J connectivity index is 1.79. The van der Waals surface area contributed by atoms with E-state index in [1.165, 1.54) is 0 Å². The Morgan fingerprint density at radius 3 is 2.50 bits per heavy atom. The van der Waals surface area contributed by atoms with Gasteiger partial charge < -0.3 is 10.0 Å². The van der Waals surface area contributed by atoms with E-state index in [1.807, 2.05) is 0 Å². The van der Waals surface area contributed by atoms with Crippen molar-refractivity contribution in [2.45, 2.75) is 64.5 Å². The first-order chi connectivity index (χ1) is 11.4. The Kier molecular flexibility index (Phi) is 4.80. The molecule has 2 saturated heterocycles. The lowest BCUT2D eigenvalue weighted by Crippen LogP contribution is -2.57. The molecule has 134 valence electrons. The summed E-state index contributed by atoms with van der Waals surface area (Å²) in [7, 11) is 0. The van der Waals surface area contributed by atoms with Crippen molar-refractivity contribution in [3.05, 3.63) is 12.2 Å². The van der Waals surface area contributed by atoms with Crippen molar-refractivity contribution in [2.24, 2.45) is 5.41 Å². The highest BCUT2D eigenvalue weighted by Gasteiger charge is 2.44. The summed E-state index contributed by atoms with van der Waals surface area (Å²) in [5.74, 6) is 1.35. The van der Waals surface area contributed by atoms with Crippen molar-refractivity contribution in [1.29, 1.82) is 0 Å². The molecule has 1 aromatic heterocycles. The van der Waals surface area contributed by atoms with E-state index in [0.29, 0.717) is 31.1 Å². The van der Waals surface area contributed by atoms with E-state index in [1.54, 1.807) is 11.2 Å². The molecule has 2 aliphatic heterocycles. The second-order valence-electron chi connectivity index (χ2n) is 8.17. The highest BCUT2D eigenvalue weighted by molar-refractivity contribution is 5.65. The van der Waals surface area contributed by atoms with Crippen molar-refractivity contribution >= 4 is 6.09 Å². The smallest absolute Gasteiger partial charge is 0.407 e. The second kappa shape index (κ2) is 6.70. The molecule has 2 fully saturated rings. The Morgan fingerprint density at radius 2 is 1.96 bits per heavy atom. The number of carboxylic acid groups (broad SMARTS) is 1. The fourth-order valence-corrected chi connectivity index (χ4v) is 4.60. The number of hydrogen-bond donors (Lipinski definition) is 2. The van der Waals surface area contributed by atoms with E-state index < -0.39 is 6.09 Å². The molecule has 0 aliphatic carbocycles. The molecule has 0 saturated carbocycles. The summed E-state index contributed by atoms with van der Waals surface area (Å²) in [5, 5.41) is 16.3. The van der Waals surface area contributed by atoms with Crippen LogP contribution in [0.5, 0.6) is 0 Å². The molecule has 0 spiro atoms. The summed E-state index contributed by atoms with van der Waals surface area (Å²) in [5.41, 5.74) is 0.127. The molecule has 0 aromatic carbocycles. The molecular formula is C17H29N5O2. The van der Waals surface area contributed by atoms with Gasteiger partial charge in [0.15, 0.2) is 0 Å². The number of H-pyrrole nitrogens is 1. The Bertz CT molecular complexity index is 546. The lowest BCUT2D eigenvalue weighted by atomic mass is 9.72. The molecule has 7 heteroatoms. The third-order valence-electron chi connectivity index (χ3n) is 5.55. The molecule has 24 heavy (non-hydrogen) atoms. The van der Waals surface area contributed by atoms with Gasteiger partial charge in [0.2, 0.25) is 0 Å². The molecule has 2 N–H and O–H groups in total. The largest absolute Gasteiger partial charge is 0.465 e. The van der Waals surface area contributed by atoms with E-state index in [9.17, 15) is 9.90 Å². The van der Waals surface area contributed by atoms with Crippen LogP contribution in [0.25, 0.3) is 0 Å². The fraction of sp³-hybridized carbons (Fsp3) is 0.824. The van der Waals surface area contributed by atoms with Crippen LogP contribution in [-0.4, -0.2) is 67.9 Å².